The summed E-state index contributed by atoms with van der Waals surface area (Å²) in [5, 5.41) is 0. The lowest BCUT2D eigenvalue weighted by molar-refractivity contribution is 0.0589. The summed E-state index contributed by atoms with van der Waals surface area (Å²) in [5.74, 6) is 0.259. The van der Waals surface area contributed by atoms with Gasteiger partial charge in [0, 0.05) is 18.8 Å². The summed E-state index contributed by atoms with van der Waals surface area (Å²) in [7, 11) is 1.87. The van der Waals surface area contributed by atoms with Gasteiger partial charge in [0.15, 0.2) is 11.5 Å². The van der Waals surface area contributed by atoms with Gasteiger partial charge < -0.3 is 18.8 Å². The zero-order valence-electron chi connectivity index (χ0n) is 14.6. The maximum absolute atomic E-state index is 12.7. The Hall–Kier alpha value is -2.68. The fraction of sp³-hybridized carbons (Fsp3) is 0.312. The summed E-state index contributed by atoms with van der Waals surface area (Å²) in [4.78, 5) is 11.7. The van der Waals surface area contributed by atoms with Crippen LogP contribution in [0, 0.1) is 6.92 Å². The van der Waals surface area contributed by atoms with E-state index < -0.39 is 16.0 Å². The molecule has 2 aromatic rings. The molecule has 0 fully saturated rings. The molecule has 0 atom stereocenters. The molecular formula is C16H20N2O6S. The molecule has 0 radical (unpaired) electrons. The maximum Gasteiger partial charge on any atom is 0.354 e. The molecule has 0 amide bonds. The largest absolute Gasteiger partial charge is 0.493 e. The van der Waals surface area contributed by atoms with E-state index in [1.54, 1.807) is 26.1 Å². The smallest absolute Gasteiger partial charge is 0.354 e. The van der Waals surface area contributed by atoms with E-state index in [0.717, 1.165) is 0 Å². The van der Waals surface area contributed by atoms with E-state index in [-0.39, 0.29) is 10.6 Å². The van der Waals surface area contributed by atoms with Crippen molar-refractivity contribution in [1.82, 2.24) is 4.57 Å². The summed E-state index contributed by atoms with van der Waals surface area (Å²) in [5.41, 5.74) is 0.863. The van der Waals surface area contributed by atoms with Crippen molar-refractivity contribution in [2.45, 2.75) is 11.8 Å². The Morgan fingerprint density at radius 2 is 1.72 bits per heavy atom. The predicted octanol–water partition coefficient (Wildman–Crippen LogP) is 1.94. The van der Waals surface area contributed by atoms with Gasteiger partial charge in [0.25, 0.3) is 10.0 Å². The average molecular weight is 368 g/mol. The molecule has 0 aliphatic heterocycles. The summed E-state index contributed by atoms with van der Waals surface area (Å²) in [6, 6.07) is 5.94. The molecule has 25 heavy (non-hydrogen) atoms. The van der Waals surface area contributed by atoms with Crippen LogP contribution in [0.3, 0.4) is 0 Å². The lowest BCUT2D eigenvalue weighted by Gasteiger charge is -2.12. The fourth-order valence-electron chi connectivity index (χ4n) is 2.35. The summed E-state index contributed by atoms with van der Waals surface area (Å²) < 4.78 is 44.3. The Kier molecular flexibility index (Phi) is 5.27. The van der Waals surface area contributed by atoms with Gasteiger partial charge in [0.05, 0.1) is 27.0 Å². The summed E-state index contributed by atoms with van der Waals surface area (Å²) in [6.45, 7) is 1.61. The van der Waals surface area contributed by atoms with Crippen LogP contribution in [0.1, 0.15) is 16.2 Å². The number of hydrogen-bond acceptors (Lipinski definition) is 6. The van der Waals surface area contributed by atoms with E-state index >= 15 is 0 Å². The molecule has 9 heteroatoms. The highest BCUT2D eigenvalue weighted by Crippen LogP contribution is 2.31. The highest BCUT2D eigenvalue weighted by atomic mass is 32.2. The molecule has 1 N–H and O–H groups in total. The highest BCUT2D eigenvalue weighted by Gasteiger charge is 2.25. The molecule has 1 heterocycles. The molecule has 8 nitrogen and oxygen atoms in total. The first-order chi connectivity index (χ1) is 11.7. The van der Waals surface area contributed by atoms with Crippen molar-refractivity contribution >= 4 is 21.7 Å². The number of esters is 1. The first-order valence-corrected chi connectivity index (χ1v) is 8.73. The van der Waals surface area contributed by atoms with Crippen LogP contribution in [-0.2, 0) is 21.8 Å². The zero-order valence-corrected chi connectivity index (χ0v) is 15.4. The molecule has 0 aliphatic rings. The van der Waals surface area contributed by atoms with Crippen molar-refractivity contribution in [3.8, 4) is 11.5 Å². The van der Waals surface area contributed by atoms with Crippen molar-refractivity contribution in [3.63, 3.8) is 0 Å². The van der Waals surface area contributed by atoms with Crippen molar-refractivity contribution in [2.24, 2.45) is 7.05 Å². The number of sulfonamides is 1. The van der Waals surface area contributed by atoms with Crippen LogP contribution >= 0.6 is 0 Å². The second-order valence-electron chi connectivity index (χ2n) is 5.21. The van der Waals surface area contributed by atoms with E-state index in [1.807, 2.05) is 0 Å². The van der Waals surface area contributed by atoms with Crippen LogP contribution < -0.4 is 14.2 Å². The van der Waals surface area contributed by atoms with Gasteiger partial charge in [-0.2, -0.15) is 0 Å². The lowest BCUT2D eigenvalue weighted by Crippen LogP contribution is -2.14. The Balaban J connectivity index is 2.42. The first-order valence-electron chi connectivity index (χ1n) is 7.24. The Morgan fingerprint density at radius 3 is 2.28 bits per heavy atom. The highest BCUT2D eigenvalue weighted by molar-refractivity contribution is 7.92. The molecule has 0 saturated carbocycles. The van der Waals surface area contributed by atoms with E-state index in [9.17, 15) is 13.2 Å². The summed E-state index contributed by atoms with van der Waals surface area (Å²) in [6.07, 6.45) is 0. The Bertz CT molecular complexity index is 902. The van der Waals surface area contributed by atoms with E-state index in [4.69, 9.17) is 9.47 Å². The van der Waals surface area contributed by atoms with Crippen molar-refractivity contribution < 1.29 is 27.4 Å². The predicted molar refractivity (Wildman–Crippen MR) is 91.8 cm³/mol. The van der Waals surface area contributed by atoms with E-state index in [2.05, 4.69) is 9.46 Å². The van der Waals surface area contributed by atoms with Gasteiger partial charge in [-0.15, -0.1) is 0 Å². The normalized spacial score (nSPS) is 11.1. The van der Waals surface area contributed by atoms with Gasteiger partial charge >= 0.3 is 5.97 Å². The number of rotatable bonds is 6. The first kappa shape index (κ1) is 18.7. The van der Waals surface area contributed by atoms with Crippen LogP contribution in [0.2, 0.25) is 0 Å². The molecule has 1 aromatic heterocycles. The number of nitrogens with one attached hydrogen (secondary N) is 1. The topological polar surface area (TPSA) is 95.9 Å². The van der Waals surface area contributed by atoms with E-state index in [0.29, 0.717) is 22.9 Å². The third-order valence-corrected chi connectivity index (χ3v) is 5.31. The Morgan fingerprint density at radius 1 is 1.08 bits per heavy atom. The number of anilines is 1. The Labute approximate surface area is 146 Å². The number of ether oxygens (including phenoxy) is 3. The zero-order chi connectivity index (χ0) is 18.8. The van der Waals surface area contributed by atoms with Crippen LogP contribution in [0.5, 0.6) is 11.5 Å². The number of hydrogen-bond donors (Lipinski definition) is 1. The molecule has 0 saturated heterocycles. The van der Waals surface area contributed by atoms with Gasteiger partial charge in [-0.1, -0.05) is 0 Å². The van der Waals surface area contributed by atoms with Gasteiger partial charge in [-0.25, -0.2) is 13.2 Å². The fourth-order valence-corrected chi connectivity index (χ4v) is 3.69. The molecule has 0 spiro atoms. The van der Waals surface area contributed by atoms with Gasteiger partial charge in [-0.05, 0) is 25.1 Å². The van der Waals surface area contributed by atoms with Gasteiger partial charge in [0.2, 0.25) is 0 Å². The molecular weight excluding hydrogens is 348 g/mol. The number of nitrogens with zero attached hydrogens (tertiary/aromatic N) is 1. The summed E-state index contributed by atoms with van der Waals surface area (Å²) >= 11 is 0. The molecule has 136 valence electrons. The number of aromatic nitrogens is 1. The molecule has 0 aliphatic carbocycles. The van der Waals surface area contributed by atoms with Crippen molar-refractivity contribution in [2.75, 3.05) is 26.1 Å². The van der Waals surface area contributed by atoms with Crippen molar-refractivity contribution in [1.29, 1.82) is 0 Å². The minimum atomic E-state index is -3.91. The lowest BCUT2D eigenvalue weighted by atomic mass is 10.3. The van der Waals surface area contributed by atoms with Crippen LogP contribution in [0.25, 0.3) is 0 Å². The molecule has 1 aromatic carbocycles. The van der Waals surface area contributed by atoms with Gasteiger partial charge in [-0.3, -0.25) is 4.72 Å². The van der Waals surface area contributed by atoms with Crippen molar-refractivity contribution in [3.05, 3.63) is 35.7 Å². The standard InChI is InChI=1S/C16H20N2O6S/c1-10-15(9-12(18(10)2)16(19)24-5)25(20,21)17-11-6-7-13(22-3)14(8-11)23-4/h6-9,17H,1-5H3. The molecule has 0 bridgehead atoms. The number of carbonyl (C=O) groups is 1. The second-order valence-corrected chi connectivity index (χ2v) is 6.86. The number of benzene rings is 1. The van der Waals surface area contributed by atoms with Crippen LogP contribution in [0.15, 0.2) is 29.2 Å². The van der Waals surface area contributed by atoms with E-state index in [1.165, 1.54) is 38.0 Å². The van der Waals surface area contributed by atoms with Gasteiger partial charge in [0.1, 0.15) is 10.6 Å². The second kappa shape index (κ2) is 7.06. The minimum Gasteiger partial charge on any atom is -0.493 e. The molecule has 0 unspecified atom stereocenters. The number of carbonyl (C=O) groups excluding carboxylic acids is 1. The average Bonchev–Trinajstić information content (AvgIpc) is 2.90. The van der Waals surface area contributed by atoms with Crippen LogP contribution in [-0.4, -0.2) is 40.3 Å². The third kappa shape index (κ3) is 3.55. The monoisotopic (exact) mass is 368 g/mol. The quantitative estimate of drug-likeness (QED) is 0.783. The maximum atomic E-state index is 12.7. The minimum absolute atomic E-state index is 0.00909. The number of methoxy groups -OCH3 is 3. The molecule has 2 rings (SSSR count). The third-order valence-electron chi connectivity index (χ3n) is 3.81. The SMILES string of the molecule is COC(=O)c1cc(S(=O)(=O)Nc2ccc(OC)c(OC)c2)c(C)n1C. The van der Waals surface area contributed by atoms with Crippen LogP contribution in [0.4, 0.5) is 5.69 Å².